The predicted octanol–water partition coefficient (Wildman–Crippen LogP) is 2.83. The number of Topliss-reactive ketones (excluding diaryl/α,β-unsaturated/α-hetero) is 2. The Labute approximate surface area is 167 Å². The Kier molecular flexibility index (Phi) is 7.25. The van der Waals surface area contributed by atoms with Gasteiger partial charge in [0.15, 0.2) is 12.1 Å². The van der Waals surface area contributed by atoms with Crippen LogP contribution in [0.25, 0.3) is 0 Å². The maximum Gasteiger partial charge on any atom is 0.322 e. The molecule has 2 atom stereocenters. The SMILES string of the molecule is CC1(C)SC(C(=O)c2ccccc2)NC1C(=O)O.O=CC(=O)c1ccccc1. The number of carboxylic acid groups (broad SMARTS) is 1. The quantitative estimate of drug-likeness (QED) is 0.453. The fourth-order valence-corrected chi connectivity index (χ4v) is 4.04. The van der Waals surface area contributed by atoms with E-state index in [0.29, 0.717) is 17.4 Å². The van der Waals surface area contributed by atoms with Crippen LogP contribution in [-0.4, -0.2) is 45.1 Å². The van der Waals surface area contributed by atoms with Crippen molar-refractivity contribution in [2.45, 2.75) is 30.0 Å². The minimum absolute atomic E-state index is 0.0718. The molecular formula is C21H21NO5S. The van der Waals surface area contributed by atoms with Crippen molar-refractivity contribution in [2.24, 2.45) is 0 Å². The van der Waals surface area contributed by atoms with E-state index in [-0.39, 0.29) is 5.78 Å². The van der Waals surface area contributed by atoms with Gasteiger partial charge in [-0.15, -0.1) is 11.8 Å². The lowest BCUT2D eigenvalue weighted by Gasteiger charge is -2.20. The Balaban J connectivity index is 0.000000237. The molecule has 6 nitrogen and oxygen atoms in total. The number of hydrogen-bond acceptors (Lipinski definition) is 6. The van der Waals surface area contributed by atoms with E-state index >= 15 is 0 Å². The number of carbonyl (C=O) groups is 4. The molecule has 2 aromatic carbocycles. The van der Waals surface area contributed by atoms with Gasteiger partial charge in [-0.05, 0) is 13.8 Å². The third-order valence-electron chi connectivity index (χ3n) is 4.14. The van der Waals surface area contributed by atoms with Gasteiger partial charge in [0, 0.05) is 15.9 Å². The van der Waals surface area contributed by atoms with Gasteiger partial charge in [0.1, 0.15) is 11.4 Å². The van der Waals surface area contributed by atoms with Gasteiger partial charge >= 0.3 is 5.97 Å². The molecule has 1 saturated heterocycles. The van der Waals surface area contributed by atoms with Gasteiger partial charge in [-0.3, -0.25) is 24.5 Å². The van der Waals surface area contributed by atoms with Crippen LogP contribution in [0.5, 0.6) is 0 Å². The van der Waals surface area contributed by atoms with Crippen LogP contribution in [0, 0.1) is 0 Å². The van der Waals surface area contributed by atoms with E-state index < -0.39 is 27.9 Å². The van der Waals surface area contributed by atoms with Gasteiger partial charge < -0.3 is 5.11 Å². The number of thioether (sulfide) groups is 1. The van der Waals surface area contributed by atoms with E-state index in [0.717, 1.165) is 0 Å². The molecule has 0 amide bonds. The highest BCUT2D eigenvalue weighted by Gasteiger charge is 2.47. The minimum Gasteiger partial charge on any atom is -0.480 e. The van der Waals surface area contributed by atoms with Gasteiger partial charge in [-0.2, -0.15) is 0 Å². The van der Waals surface area contributed by atoms with Crippen molar-refractivity contribution in [1.82, 2.24) is 5.32 Å². The summed E-state index contributed by atoms with van der Waals surface area (Å²) in [4.78, 5) is 44.0. The molecule has 0 radical (unpaired) electrons. The second kappa shape index (κ2) is 9.43. The molecule has 0 bridgehead atoms. The first kappa shape index (κ1) is 21.5. The second-order valence-corrected chi connectivity index (χ2v) is 8.38. The van der Waals surface area contributed by atoms with E-state index in [1.807, 2.05) is 19.9 Å². The predicted molar refractivity (Wildman–Crippen MR) is 108 cm³/mol. The molecule has 1 aliphatic rings. The van der Waals surface area contributed by atoms with Crippen LogP contribution in [-0.2, 0) is 9.59 Å². The number of rotatable bonds is 5. The standard InChI is InChI=1S/C13H15NO3S.C8H6O2/c1-13(2)10(12(16)17)14-11(18-13)9(15)8-6-4-3-5-7-8;9-6-8(10)7-4-2-1-3-5-7/h3-7,10-11,14H,1-2H3,(H,16,17);1-6H. The van der Waals surface area contributed by atoms with Crippen molar-refractivity contribution in [1.29, 1.82) is 0 Å². The molecule has 2 aromatic rings. The highest BCUT2D eigenvalue weighted by molar-refractivity contribution is 8.02. The lowest BCUT2D eigenvalue weighted by molar-refractivity contribution is -0.139. The summed E-state index contributed by atoms with van der Waals surface area (Å²) in [7, 11) is 0. The van der Waals surface area contributed by atoms with E-state index in [4.69, 9.17) is 5.11 Å². The summed E-state index contributed by atoms with van der Waals surface area (Å²) in [5.41, 5.74) is 1.04. The molecule has 0 aromatic heterocycles. The van der Waals surface area contributed by atoms with Crippen LogP contribution in [0.15, 0.2) is 60.7 Å². The summed E-state index contributed by atoms with van der Waals surface area (Å²) in [5.74, 6) is -1.46. The summed E-state index contributed by atoms with van der Waals surface area (Å²) in [6, 6.07) is 16.7. The van der Waals surface area contributed by atoms with Crippen LogP contribution in [0.3, 0.4) is 0 Å². The van der Waals surface area contributed by atoms with Crippen LogP contribution in [0.2, 0.25) is 0 Å². The third-order valence-corrected chi connectivity index (χ3v) is 5.57. The number of benzene rings is 2. The zero-order valence-electron chi connectivity index (χ0n) is 15.5. The Hall–Kier alpha value is -2.77. The Morgan fingerprint density at radius 3 is 1.89 bits per heavy atom. The first-order valence-corrected chi connectivity index (χ1v) is 9.44. The fourth-order valence-electron chi connectivity index (χ4n) is 2.68. The third kappa shape index (κ3) is 5.37. The first-order valence-electron chi connectivity index (χ1n) is 8.56. The maximum absolute atomic E-state index is 12.2. The molecule has 0 saturated carbocycles. The summed E-state index contributed by atoms with van der Waals surface area (Å²) in [6.07, 6.45) is 0.315. The Morgan fingerprint density at radius 1 is 0.964 bits per heavy atom. The fraction of sp³-hybridized carbons (Fsp3) is 0.238. The minimum atomic E-state index is -0.920. The van der Waals surface area contributed by atoms with Crippen LogP contribution >= 0.6 is 11.8 Å². The van der Waals surface area contributed by atoms with Gasteiger partial charge in [0.2, 0.25) is 5.78 Å². The molecule has 0 aliphatic carbocycles. The highest BCUT2D eigenvalue weighted by Crippen LogP contribution is 2.39. The lowest BCUT2D eigenvalue weighted by Crippen LogP contribution is -2.45. The molecule has 28 heavy (non-hydrogen) atoms. The number of ketones is 2. The molecule has 1 heterocycles. The Morgan fingerprint density at radius 2 is 1.46 bits per heavy atom. The zero-order chi connectivity index (χ0) is 20.7. The normalized spacial score (nSPS) is 19.8. The molecule has 2 unspecified atom stereocenters. The summed E-state index contributed by atoms with van der Waals surface area (Å²) < 4.78 is -0.499. The molecular weight excluding hydrogens is 378 g/mol. The summed E-state index contributed by atoms with van der Waals surface area (Å²) >= 11 is 1.37. The topological polar surface area (TPSA) is 101 Å². The molecule has 0 spiro atoms. The van der Waals surface area contributed by atoms with Crippen LogP contribution < -0.4 is 5.32 Å². The second-order valence-electron chi connectivity index (χ2n) is 6.62. The van der Waals surface area contributed by atoms with Crippen molar-refractivity contribution in [2.75, 3.05) is 0 Å². The van der Waals surface area contributed by atoms with Gasteiger partial charge in [-0.25, -0.2) is 0 Å². The highest BCUT2D eigenvalue weighted by atomic mass is 32.2. The van der Waals surface area contributed by atoms with Crippen molar-refractivity contribution < 1.29 is 24.3 Å². The average molecular weight is 399 g/mol. The zero-order valence-corrected chi connectivity index (χ0v) is 16.3. The average Bonchev–Trinajstić information content (AvgIpc) is 3.04. The molecule has 1 fully saturated rings. The summed E-state index contributed by atoms with van der Waals surface area (Å²) in [6.45, 7) is 3.67. The molecule has 3 rings (SSSR count). The smallest absolute Gasteiger partial charge is 0.322 e. The number of carboxylic acids is 1. The number of hydrogen-bond donors (Lipinski definition) is 2. The number of nitrogens with one attached hydrogen (secondary N) is 1. The molecule has 146 valence electrons. The van der Waals surface area contributed by atoms with E-state index in [1.165, 1.54) is 11.8 Å². The Bertz CT molecular complexity index is 852. The van der Waals surface area contributed by atoms with Crippen LogP contribution in [0.4, 0.5) is 0 Å². The number of aldehydes is 1. The molecule has 1 aliphatic heterocycles. The number of aliphatic carboxylic acids is 1. The largest absolute Gasteiger partial charge is 0.480 e. The first-order chi connectivity index (χ1) is 13.3. The summed E-state index contributed by atoms with van der Waals surface area (Å²) in [5, 5.41) is 11.5. The van der Waals surface area contributed by atoms with E-state index in [2.05, 4.69) is 5.32 Å². The van der Waals surface area contributed by atoms with Crippen molar-refractivity contribution in [3.8, 4) is 0 Å². The van der Waals surface area contributed by atoms with Crippen LogP contribution in [0.1, 0.15) is 34.6 Å². The van der Waals surface area contributed by atoms with Gasteiger partial charge in [-0.1, -0.05) is 60.7 Å². The van der Waals surface area contributed by atoms with Crippen molar-refractivity contribution in [3.05, 3.63) is 71.8 Å². The van der Waals surface area contributed by atoms with Gasteiger partial charge in [0.05, 0.1) is 0 Å². The molecule has 2 N–H and O–H groups in total. The maximum atomic E-state index is 12.2. The molecule has 7 heteroatoms. The van der Waals surface area contributed by atoms with E-state index in [1.54, 1.807) is 54.6 Å². The van der Waals surface area contributed by atoms with Crippen molar-refractivity contribution >= 4 is 35.6 Å². The number of carbonyl (C=O) groups excluding carboxylic acids is 3. The van der Waals surface area contributed by atoms with Gasteiger partial charge in [0.25, 0.3) is 0 Å². The van der Waals surface area contributed by atoms with E-state index in [9.17, 15) is 19.2 Å². The monoisotopic (exact) mass is 399 g/mol. The van der Waals surface area contributed by atoms with Crippen molar-refractivity contribution in [3.63, 3.8) is 0 Å². The lowest BCUT2D eigenvalue weighted by atomic mass is 10.0.